The summed E-state index contributed by atoms with van der Waals surface area (Å²) in [7, 11) is 3.94. The minimum atomic E-state index is -0.648. The standard InChI is InChI=1S/C11H21N7O3/c1-17(2)6-3-4-14-11-15-9(12)8(18(20)21)10(16-11)13-5-7-19/h19H,3-7H2,1-2H3,(H4,12,13,14,15,16). The van der Waals surface area contributed by atoms with E-state index in [2.05, 4.69) is 20.6 Å². The molecular formula is C11H21N7O3. The van der Waals surface area contributed by atoms with Crippen LogP contribution in [0.15, 0.2) is 0 Å². The summed E-state index contributed by atoms with van der Waals surface area (Å²) >= 11 is 0. The molecule has 1 aromatic heterocycles. The number of nitrogens with one attached hydrogen (secondary N) is 2. The number of aliphatic hydroxyl groups is 1. The summed E-state index contributed by atoms with van der Waals surface area (Å²) in [4.78, 5) is 20.3. The van der Waals surface area contributed by atoms with Crippen molar-refractivity contribution >= 4 is 23.3 Å². The molecule has 0 spiro atoms. The maximum atomic E-state index is 11.0. The second kappa shape index (κ2) is 8.17. The van der Waals surface area contributed by atoms with E-state index in [1.165, 1.54) is 0 Å². The summed E-state index contributed by atoms with van der Waals surface area (Å²) in [6.45, 7) is 1.48. The molecule has 118 valence electrons. The van der Waals surface area contributed by atoms with E-state index < -0.39 is 4.92 Å². The van der Waals surface area contributed by atoms with E-state index in [1.54, 1.807) is 0 Å². The van der Waals surface area contributed by atoms with Gasteiger partial charge in [0.1, 0.15) is 0 Å². The average molecular weight is 299 g/mol. The van der Waals surface area contributed by atoms with Gasteiger partial charge in [0.15, 0.2) is 0 Å². The van der Waals surface area contributed by atoms with Gasteiger partial charge in [-0.25, -0.2) is 0 Å². The highest BCUT2D eigenvalue weighted by atomic mass is 16.6. The summed E-state index contributed by atoms with van der Waals surface area (Å²) in [6.07, 6.45) is 0.868. The monoisotopic (exact) mass is 299 g/mol. The molecule has 0 aromatic carbocycles. The van der Waals surface area contributed by atoms with Gasteiger partial charge in [-0.1, -0.05) is 0 Å². The van der Waals surface area contributed by atoms with Crippen molar-refractivity contribution in [3.8, 4) is 0 Å². The number of nitrogens with zero attached hydrogens (tertiary/aromatic N) is 4. The van der Waals surface area contributed by atoms with Crippen molar-refractivity contribution in [3.63, 3.8) is 0 Å². The summed E-state index contributed by atoms with van der Waals surface area (Å²) in [6, 6.07) is 0. The van der Waals surface area contributed by atoms with E-state index in [0.717, 1.165) is 13.0 Å². The predicted molar refractivity (Wildman–Crippen MR) is 80.3 cm³/mol. The molecule has 0 radical (unpaired) electrons. The lowest BCUT2D eigenvalue weighted by molar-refractivity contribution is -0.383. The maximum Gasteiger partial charge on any atom is 0.353 e. The van der Waals surface area contributed by atoms with Crippen molar-refractivity contribution in [2.24, 2.45) is 0 Å². The molecule has 0 aliphatic heterocycles. The van der Waals surface area contributed by atoms with E-state index in [9.17, 15) is 10.1 Å². The first-order valence-electron chi connectivity index (χ1n) is 6.51. The molecule has 0 saturated heterocycles. The number of anilines is 3. The Balaban J connectivity index is 2.81. The van der Waals surface area contributed by atoms with Crippen LogP contribution < -0.4 is 16.4 Å². The van der Waals surface area contributed by atoms with Gasteiger partial charge in [-0.05, 0) is 27.1 Å². The van der Waals surface area contributed by atoms with Crippen molar-refractivity contribution in [1.29, 1.82) is 0 Å². The van der Waals surface area contributed by atoms with E-state index in [1.807, 2.05) is 19.0 Å². The van der Waals surface area contributed by atoms with Gasteiger partial charge in [-0.15, -0.1) is 0 Å². The number of nitrogen functional groups attached to an aromatic ring is 1. The van der Waals surface area contributed by atoms with Crippen molar-refractivity contribution in [3.05, 3.63) is 10.1 Å². The highest BCUT2D eigenvalue weighted by Gasteiger charge is 2.22. The Bertz CT molecular complexity index is 481. The molecule has 10 heteroatoms. The smallest absolute Gasteiger partial charge is 0.353 e. The highest BCUT2D eigenvalue weighted by Crippen LogP contribution is 2.28. The van der Waals surface area contributed by atoms with Crippen molar-refractivity contribution in [2.45, 2.75) is 6.42 Å². The number of aromatic nitrogens is 2. The van der Waals surface area contributed by atoms with Crippen LogP contribution in [0.3, 0.4) is 0 Å². The first-order chi connectivity index (χ1) is 9.95. The van der Waals surface area contributed by atoms with Crippen LogP contribution in [-0.2, 0) is 0 Å². The van der Waals surface area contributed by atoms with Crippen LogP contribution in [0.2, 0.25) is 0 Å². The Hall–Kier alpha value is -2.20. The van der Waals surface area contributed by atoms with Gasteiger partial charge in [0.05, 0.1) is 11.5 Å². The second-order valence-electron chi connectivity index (χ2n) is 4.62. The zero-order valence-electron chi connectivity index (χ0n) is 12.2. The lowest BCUT2D eigenvalue weighted by Gasteiger charge is -2.11. The predicted octanol–water partition coefficient (Wildman–Crippen LogP) is -0.265. The third-order valence-electron chi connectivity index (χ3n) is 2.56. The zero-order valence-corrected chi connectivity index (χ0v) is 12.2. The molecule has 1 rings (SSSR count). The van der Waals surface area contributed by atoms with Gasteiger partial charge >= 0.3 is 5.69 Å². The quantitative estimate of drug-likeness (QED) is 0.275. The van der Waals surface area contributed by atoms with Crippen LogP contribution in [0.5, 0.6) is 0 Å². The lowest BCUT2D eigenvalue weighted by atomic mass is 10.4. The molecule has 0 unspecified atom stereocenters. The van der Waals surface area contributed by atoms with E-state index in [-0.39, 0.29) is 36.4 Å². The molecule has 21 heavy (non-hydrogen) atoms. The Labute approximate surface area is 122 Å². The van der Waals surface area contributed by atoms with Gasteiger partial charge < -0.3 is 26.4 Å². The zero-order chi connectivity index (χ0) is 15.8. The molecule has 0 amide bonds. The summed E-state index contributed by atoms with van der Waals surface area (Å²) in [5.74, 6) is -0.000458. The van der Waals surface area contributed by atoms with Gasteiger partial charge in [-0.3, -0.25) is 10.1 Å². The van der Waals surface area contributed by atoms with Gasteiger partial charge in [0, 0.05) is 13.1 Å². The van der Waals surface area contributed by atoms with Gasteiger partial charge in [-0.2, -0.15) is 9.97 Å². The van der Waals surface area contributed by atoms with Crippen molar-refractivity contribution < 1.29 is 10.0 Å². The first-order valence-corrected chi connectivity index (χ1v) is 6.51. The number of nitro groups is 1. The maximum absolute atomic E-state index is 11.0. The van der Waals surface area contributed by atoms with Gasteiger partial charge in [0.25, 0.3) is 0 Å². The number of nitrogens with two attached hydrogens (primary N) is 1. The minimum absolute atomic E-state index is 0.00309. The lowest BCUT2D eigenvalue weighted by Crippen LogP contribution is -2.18. The van der Waals surface area contributed by atoms with Crippen LogP contribution >= 0.6 is 0 Å². The Morgan fingerprint density at radius 3 is 2.62 bits per heavy atom. The van der Waals surface area contributed by atoms with Crippen LogP contribution in [-0.4, -0.2) is 65.2 Å². The van der Waals surface area contributed by atoms with Crippen LogP contribution in [0.25, 0.3) is 0 Å². The van der Waals surface area contributed by atoms with Crippen molar-refractivity contribution in [1.82, 2.24) is 14.9 Å². The van der Waals surface area contributed by atoms with Gasteiger partial charge in [0.2, 0.25) is 17.6 Å². The van der Waals surface area contributed by atoms with E-state index in [4.69, 9.17) is 10.8 Å². The summed E-state index contributed by atoms with van der Waals surface area (Å²) in [5.41, 5.74) is 5.22. The fourth-order valence-electron chi connectivity index (χ4n) is 1.62. The number of rotatable bonds is 9. The third kappa shape index (κ3) is 5.36. The molecule has 10 nitrogen and oxygen atoms in total. The molecular weight excluding hydrogens is 278 g/mol. The molecule has 0 aliphatic rings. The number of hydrogen-bond acceptors (Lipinski definition) is 9. The van der Waals surface area contributed by atoms with Crippen LogP contribution in [0, 0.1) is 10.1 Å². The Kier molecular flexibility index (Phi) is 6.56. The SMILES string of the molecule is CN(C)CCCNc1nc(N)c([N+](=O)[O-])c(NCCO)n1. The fraction of sp³-hybridized carbons (Fsp3) is 0.636. The minimum Gasteiger partial charge on any atom is -0.395 e. The second-order valence-corrected chi connectivity index (χ2v) is 4.62. The summed E-state index contributed by atoms with van der Waals surface area (Å²) in [5, 5.41) is 25.4. The molecule has 5 N–H and O–H groups in total. The van der Waals surface area contributed by atoms with Crippen molar-refractivity contribution in [2.75, 3.05) is 56.7 Å². The average Bonchev–Trinajstić information content (AvgIpc) is 2.40. The largest absolute Gasteiger partial charge is 0.395 e. The molecule has 0 fully saturated rings. The molecule has 1 aromatic rings. The van der Waals surface area contributed by atoms with Crippen LogP contribution in [0.1, 0.15) is 6.42 Å². The topological polar surface area (TPSA) is 142 Å². The van der Waals surface area contributed by atoms with E-state index in [0.29, 0.717) is 6.54 Å². The Morgan fingerprint density at radius 1 is 1.33 bits per heavy atom. The molecule has 0 atom stereocenters. The fourth-order valence-corrected chi connectivity index (χ4v) is 1.62. The normalized spacial score (nSPS) is 10.7. The Morgan fingerprint density at radius 2 is 2.05 bits per heavy atom. The summed E-state index contributed by atoms with van der Waals surface area (Å²) < 4.78 is 0. The number of aliphatic hydroxyl groups excluding tert-OH is 1. The number of hydrogen-bond donors (Lipinski definition) is 4. The molecule has 0 bridgehead atoms. The highest BCUT2D eigenvalue weighted by molar-refractivity contribution is 5.69. The first kappa shape index (κ1) is 16.9. The van der Waals surface area contributed by atoms with Crippen LogP contribution in [0.4, 0.5) is 23.3 Å². The molecule has 1 heterocycles. The molecule has 0 aliphatic carbocycles. The molecule has 0 saturated carbocycles. The third-order valence-corrected chi connectivity index (χ3v) is 2.56. The van der Waals surface area contributed by atoms with E-state index >= 15 is 0 Å².